The molecule has 0 fully saturated rings. The summed E-state index contributed by atoms with van der Waals surface area (Å²) >= 11 is 0. The summed E-state index contributed by atoms with van der Waals surface area (Å²) in [5.41, 5.74) is 1.23. The lowest BCUT2D eigenvalue weighted by Gasteiger charge is -2.15. The lowest BCUT2D eigenvalue weighted by molar-refractivity contribution is 0.111. The van der Waals surface area contributed by atoms with Crippen LogP contribution in [0.15, 0.2) is 48.5 Å². The molecule has 108 valence electrons. The second kappa shape index (κ2) is 7.24. The van der Waals surface area contributed by atoms with E-state index in [1.807, 2.05) is 6.92 Å². The predicted octanol–water partition coefficient (Wildman–Crippen LogP) is 3.16. The van der Waals surface area contributed by atoms with E-state index in [1.165, 1.54) is 0 Å². The summed E-state index contributed by atoms with van der Waals surface area (Å²) in [5, 5.41) is 0. The minimum Gasteiger partial charge on any atom is -0.490 e. The number of carbonyl (C=O) groups is 2. The fraction of sp³-hybridized carbons (Fsp3) is 0.176. The Morgan fingerprint density at radius 2 is 1.33 bits per heavy atom. The first-order chi connectivity index (χ1) is 10.2. The molecule has 2 aromatic carbocycles. The van der Waals surface area contributed by atoms with Crippen LogP contribution in [0.4, 0.5) is 0 Å². The Morgan fingerprint density at radius 3 is 1.81 bits per heavy atom. The summed E-state index contributed by atoms with van der Waals surface area (Å²) in [6.07, 6.45) is 1.44. The van der Waals surface area contributed by atoms with E-state index >= 15 is 0 Å². The van der Waals surface area contributed by atoms with Crippen LogP contribution >= 0.6 is 0 Å². The molecule has 21 heavy (non-hydrogen) atoms. The SMILES string of the molecule is CC(COc1ccc(C=O)cc1)Oc1ccc(C=O)cc1. The van der Waals surface area contributed by atoms with Crippen molar-refractivity contribution in [1.29, 1.82) is 0 Å². The number of carbonyl (C=O) groups excluding carboxylic acids is 2. The first-order valence-corrected chi connectivity index (χ1v) is 6.61. The molecule has 0 radical (unpaired) electrons. The number of benzene rings is 2. The standard InChI is InChI=1S/C17H16O4/c1-13(21-17-8-4-15(11-19)5-9-17)12-20-16-6-2-14(10-18)3-7-16/h2-11,13H,12H2,1H3. The van der Waals surface area contributed by atoms with Crippen LogP contribution in [0.25, 0.3) is 0 Å². The quantitative estimate of drug-likeness (QED) is 0.733. The summed E-state index contributed by atoms with van der Waals surface area (Å²) in [5.74, 6) is 1.38. The van der Waals surface area contributed by atoms with Gasteiger partial charge in [-0.3, -0.25) is 9.59 Å². The van der Waals surface area contributed by atoms with E-state index in [1.54, 1.807) is 48.5 Å². The summed E-state index contributed by atoms with van der Waals surface area (Å²) in [4.78, 5) is 21.1. The normalized spacial score (nSPS) is 11.5. The van der Waals surface area contributed by atoms with Crippen molar-refractivity contribution in [3.05, 3.63) is 59.7 Å². The van der Waals surface area contributed by atoms with Gasteiger partial charge >= 0.3 is 0 Å². The van der Waals surface area contributed by atoms with Gasteiger partial charge in [0.2, 0.25) is 0 Å². The van der Waals surface area contributed by atoms with E-state index in [0.29, 0.717) is 29.2 Å². The number of hydrogen-bond donors (Lipinski definition) is 0. The highest BCUT2D eigenvalue weighted by Crippen LogP contribution is 2.15. The van der Waals surface area contributed by atoms with Crippen molar-refractivity contribution >= 4 is 12.6 Å². The molecule has 0 saturated carbocycles. The summed E-state index contributed by atoms with van der Waals surface area (Å²) in [6.45, 7) is 2.28. The lowest BCUT2D eigenvalue weighted by atomic mass is 10.2. The third-order valence-electron chi connectivity index (χ3n) is 2.85. The summed E-state index contributed by atoms with van der Waals surface area (Å²) in [7, 11) is 0. The van der Waals surface area contributed by atoms with Gasteiger partial charge in [0.15, 0.2) is 0 Å². The number of rotatable bonds is 7. The van der Waals surface area contributed by atoms with E-state index in [-0.39, 0.29) is 6.10 Å². The van der Waals surface area contributed by atoms with Crippen molar-refractivity contribution in [2.45, 2.75) is 13.0 Å². The Labute approximate surface area is 123 Å². The van der Waals surface area contributed by atoms with Gasteiger partial charge in [-0.1, -0.05) is 0 Å². The van der Waals surface area contributed by atoms with Crippen LogP contribution in [0.3, 0.4) is 0 Å². The van der Waals surface area contributed by atoms with Crippen LogP contribution in [0.1, 0.15) is 27.6 Å². The van der Waals surface area contributed by atoms with Crippen LogP contribution in [0.2, 0.25) is 0 Å². The maximum Gasteiger partial charge on any atom is 0.150 e. The topological polar surface area (TPSA) is 52.6 Å². The largest absolute Gasteiger partial charge is 0.490 e. The zero-order valence-corrected chi connectivity index (χ0v) is 11.7. The minimum atomic E-state index is -0.141. The molecular formula is C17H16O4. The molecule has 0 bridgehead atoms. The number of hydrogen-bond acceptors (Lipinski definition) is 4. The highest BCUT2D eigenvalue weighted by Gasteiger charge is 2.05. The van der Waals surface area contributed by atoms with E-state index in [9.17, 15) is 9.59 Å². The summed E-state index contributed by atoms with van der Waals surface area (Å²) in [6, 6.07) is 13.8. The van der Waals surface area contributed by atoms with Gasteiger partial charge in [-0.2, -0.15) is 0 Å². The first-order valence-electron chi connectivity index (χ1n) is 6.61. The van der Waals surface area contributed by atoms with Gasteiger partial charge < -0.3 is 9.47 Å². The second-order valence-corrected chi connectivity index (χ2v) is 4.61. The summed E-state index contributed by atoms with van der Waals surface area (Å²) < 4.78 is 11.3. The first kappa shape index (κ1) is 14.8. The van der Waals surface area contributed by atoms with Crippen LogP contribution in [0.5, 0.6) is 11.5 Å². The predicted molar refractivity (Wildman–Crippen MR) is 79.2 cm³/mol. The third kappa shape index (κ3) is 4.45. The molecule has 4 nitrogen and oxygen atoms in total. The average Bonchev–Trinajstić information content (AvgIpc) is 2.54. The molecule has 0 spiro atoms. The molecule has 2 aromatic rings. The molecule has 0 heterocycles. The maximum atomic E-state index is 10.6. The van der Waals surface area contributed by atoms with Crippen molar-refractivity contribution < 1.29 is 19.1 Å². The molecule has 0 amide bonds. The number of aldehydes is 2. The van der Waals surface area contributed by atoms with Gasteiger partial charge in [0.05, 0.1) is 0 Å². The van der Waals surface area contributed by atoms with Crippen molar-refractivity contribution in [2.75, 3.05) is 6.61 Å². The molecular weight excluding hydrogens is 268 g/mol. The van der Waals surface area contributed by atoms with Gasteiger partial charge in [0.1, 0.15) is 36.8 Å². The molecule has 2 rings (SSSR count). The second-order valence-electron chi connectivity index (χ2n) is 4.61. The van der Waals surface area contributed by atoms with Gasteiger partial charge in [-0.15, -0.1) is 0 Å². The van der Waals surface area contributed by atoms with Crippen molar-refractivity contribution in [3.63, 3.8) is 0 Å². The highest BCUT2D eigenvalue weighted by molar-refractivity contribution is 5.75. The van der Waals surface area contributed by atoms with Crippen molar-refractivity contribution in [3.8, 4) is 11.5 Å². The fourth-order valence-electron chi connectivity index (χ4n) is 1.75. The van der Waals surface area contributed by atoms with Crippen LogP contribution in [-0.2, 0) is 0 Å². The smallest absolute Gasteiger partial charge is 0.150 e. The Hall–Kier alpha value is -2.62. The van der Waals surface area contributed by atoms with E-state index in [2.05, 4.69) is 0 Å². The molecule has 0 N–H and O–H groups in total. The Kier molecular flexibility index (Phi) is 5.10. The van der Waals surface area contributed by atoms with Crippen LogP contribution < -0.4 is 9.47 Å². The minimum absolute atomic E-state index is 0.141. The Morgan fingerprint density at radius 1 is 0.857 bits per heavy atom. The Bertz CT molecular complexity index is 587. The monoisotopic (exact) mass is 284 g/mol. The molecule has 0 aliphatic carbocycles. The molecule has 1 atom stereocenters. The molecule has 0 saturated heterocycles. The van der Waals surface area contributed by atoms with E-state index in [0.717, 1.165) is 12.6 Å². The van der Waals surface area contributed by atoms with Crippen LogP contribution in [-0.4, -0.2) is 25.3 Å². The molecule has 0 aliphatic rings. The molecule has 1 unspecified atom stereocenters. The van der Waals surface area contributed by atoms with Gasteiger partial charge in [-0.05, 0) is 55.5 Å². The van der Waals surface area contributed by atoms with Gasteiger partial charge in [0, 0.05) is 11.1 Å². The maximum absolute atomic E-state index is 10.6. The lowest BCUT2D eigenvalue weighted by Crippen LogP contribution is -2.21. The van der Waals surface area contributed by atoms with Gasteiger partial charge in [-0.25, -0.2) is 0 Å². The average molecular weight is 284 g/mol. The molecule has 0 aliphatic heterocycles. The highest BCUT2D eigenvalue weighted by atomic mass is 16.5. The molecule has 0 aromatic heterocycles. The zero-order valence-electron chi connectivity index (χ0n) is 11.7. The van der Waals surface area contributed by atoms with E-state index < -0.39 is 0 Å². The van der Waals surface area contributed by atoms with Crippen LogP contribution in [0, 0.1) is 0 Å². The number of ether oxygens (including phenoxy) is 2. The van der Waals surface area contributed by atoms with Crippen molar-refractivity contribution in [2.24, 2.45) is 0 Å². The zero-order chi connectivity index (χ0) is 15.1. The fourth-order valence-corrected chi connectivity index (χ4v) is 1.75. The van der Waals surface area contributed by atoms with Crippen molar-refractivity contribution in [1.82, 2.24) is 0 Å². The third-order valence-corrected chi connectivity index (χ3v) is 2.85. The van der Waals surface area contributed by atoms with Gasteiger partial charge in [0.25, 0.3) is 0 Å². The molecule has 4 heteroatoms. The van der Waals surface area contributed by atoms with E-state index in [4.69, 9.17) is 9.47 Å². The Balaban J connectivity index is 1.84.